The normalized spacial score (nSPS) is 21.9. The van der Waals surface area contributed by atoms with Crippen molar-refractivity contribution in [3.63, 3.8) is 0 Å². The number of fused-ring (bicyclic) bond motifs is 2. The van der Waals surface area contributed by atoms with Crippen LogP contribution >= 0.6 is 23.4 Å². The van der Waals surface area contributed by atoms with Crippen LogP contribution in [0, 0.1) is 17.5 Å². The first-order chi connectivity index (χ1) is 16.5. The van der Waals surface area contributed by atoms with E-state index in [-0.39, 0.29) is 22.7 Å². The van der Waals surface area contributed by atoms with Crippen LogP contribution in [-0.2, 0) is 6.42 Å². The number of halogens is 4. The van der Waals surface area contributed by atoms with Crippen LogP contribution < -0.4 is 14.5 Å². The van der Waals surface area contributed by atoms with E-state index in [2.05, 4.69) is 0 Å². The van der Waals surface area contributed by atoms with Gasteiger partial charge in [-0.15, -0.1) is 0 Å². The molecule has 2 aliphatic rings. The summed E-state index contributed by atoms with van der Waals surface area (Å²) in [6.07, 6.45) is 0.760. The highest BCUT2D eigenvalue weighted by Gasteiger charge is 2.35. The molecule has 2 heterocycles. The highest BCUT2D eigenvalue weighted by Crippen LogP contribution is 2.42. The Morgan fingerprint density at radius 3 is 2.38 bits per heavy atom. The molecular formula is C26H26ClF3N2OS+2. The van der Waals surface area contributed by atoms with E-state index in [4.69, 9.17) is 16.3 Å². The molecule has 8 heteroatoms. The number of piperazine rings is 1. The Labute approximate surface area is 206 Å². The fourth-order valence-electron chi connectivity index (χ4n) is 4.88. The molecule has 3 aromatic carbocycles. The molecule has 0 unspecified atom stereocenters. The first-order valence-electron chi connectivity index (χ1n) is 11.5. The molecule has 5 rings (SSSR count). The van der Waals surface area contributed by atoms with E-state index in [9.17, 15) is 13.2 Å². The van der Waals surface area contributed by atoms with Gasteiger partial charge >= 0.3 is 0 Å². The number of benzene rings is 3. The zero-order valence-corrected chi connectivity index (χ0v) is 20.1. The van der Waals surface area contributed by atoms with Crippen molar-refractivity contribution in [1.82, 2.24) is 0 Å². The zero-order valence-electron chi connectivity index (χ0n) is 18.6. The summed E-state index contributed by atoms with van der Waals surface area (Å²) >= 11 is 7.61. The molecule has 0 saturated carbocycles. The molecule has 2 N–H and O–H groups in total. The van der Waals surface area contributed by atoms with E-state index in [0.29, 0.717) is 12.4 Å². The van der Waals surface area contributed by atoms with Crippen LogP contribution in [0.5, 0.6) is 5.75 Å². The molecule has 0 bridgehead atoms. The van der Waals surface area contributed by atoms with Crippen LogP contribution in [0.3, 0.4) is 0 Å². The van der Waals surface area contributed by atoms with Gasteiger partial charge in [0.2, 0.25) is 0 Å². The summed E-state index contributed by atoms with van der Waals surface area (Å²) in [4.78, 5) is 4.55. The molecule has 0 amide bonds. The van der Waals surface area contributed by atoms with Crippen LogP contribution in [0.2, 0.25) is 5.02 Å². The van der Waals surface area contributed by atoms with E-state index in [0.717, 1.165) is 60.1 Å². The summed E-state index contributed by atoms with van der Waals surface area (Å²) in [5.41, 5.74) is 2.12. The third-order valence-electron chi connectivity index (χ3n) is 6.73. The van der Waals surface area contributed by atoms with Crippen molar-refractivity contribution in [3.8, 4) is 5.75 Å². The Bertz CT molecular complexity index is 1170. The minimum atomic E-state index is -0.447. The quantitative estimate of drug-likeness (QED) is 0.553. The highest BCUT2D eigenvalue weighted by molar-refractivity contribution is 7.99. The fourth-order valence-corrected chi connectivity index (χ4v) is 6.22. The summed E-state index contributed by atoms with van der Waals surface area (Å²) in [5, 5.41) is 0.128. The second-order valence-corrected chi connectivity index (χ2v) is 10.4. The molecule has 178 valence electrons. The average Bonchev–Trinajstić information content (AvgIpc) is 2.97. The zero-order chi connectivity index (χ0) is 23.7. The molecule has 3 nitrogen and oxygen atoms in total. The number of hydrogen-bond donors (Lipinski definition) is 2. The van der Waals surface area contributed by atoms with Gasteiger partial charge in [0.1, 0.15) is 68.6 Å². The van der Waals surface area contributed by atoms with Gasteiger partial charge in [0.05, 0.1) is 5.02 Å². The monoisotopic (exact) mass is 506 g/mol. The predicted molar refractivity (Wildman–Crippen MR) is 127 cm³/mol. The average molecular weight is 507 g/mol. The third kappa shape index (κ3) is 5.23. The SMILES string of the molecule is Fc1ccc(OCC[NH+]2CC[NH+]([C@H]3Cc4ccc(F)cc4Sc4cc(F)c(Cl)cc43)CC2)cc1. The second-order valence-electron chi connectivity index (χ2n) is 8.88. The number of hydrogen-bond acceptors (Lipinski definition) is 2. The van der Waals surface area contributed by atoms with Crippen LogP contribution in [-0.4, -0.2) is 39.3 Å². The highest BCUT2D eigenvalue weighted by atomic mass is 35.5. The summed E-state index contributed by atoms with van der Waals surface area (Å²) in [6.45, 7) is 5.37. The van der Waals surface area contributed by atoms with Crippen molar-refractivity contribution in [1.29, 1.82) is 0 Å². The van der Waals surface area contributed by atoms with Crippen molar-refractivity contribution in [2.24, 2.45) is 0 Å². The van der Waals surface area contributed by atoms with Gasteiger partial charge in [-0.25, -0.2) is 13.2 Å². The van der Waals surface area contributed by atoms with Gasteiger partial charge in [0.15, 0.2) is 0 Å². The molecular weight excluding hydrogens is 481 g/mol. The van der Waals surface area contributed by atoms with Crippen molar-refractivity contribution in [2.75, 3.05) is 39.3 Å². The lowest BCUT2D eigenvalue weighted by atomic mass is 9.96. The number of nitrogens with one attached hydrogen (secondary N) is 2. The first-order valence-corrected chi connectivity index (χ1v) is 12.7. The van der Waals surface area contributed by atoms with Gasteiger partial charge in [-0.1, -0.05) is 29.4 Å². The lowest BCUT2D eigenvalue weighted by Gasteiger charge is -2.35. The standard InChI is InChI=1S/C26H24ClF3N2OS/c27-22-15-21-24(13-17-1-2-19(29)14-25(17)34-26(21)16-23(22)30)32-9-7-31(8-10-32)11-12-33-20-5-3-18(28)4-6-20/h1-6,14-16,24H,7-13H2/p+2/t24-/m0/s1. The largest absolute Gasteiger partial charge is 0.488 e. The van der Waals surface area contributed by atoms with E-state index in [1.165, 1.54) is 51.9 Å². The Kier molecular flexibility index (Phi) is 7.06. The minimum Gasteiger partial charge on any atom is -0.488 e. The maximum absolute atomic E-state index is 14.3. The van der Waals surface area contributed by atoms with E-state index >= 15 is 0 Å². The van der Waals surface area contributed by atoms with Crippen molar-refractivity contribution in [2.45, 2.75) is 22.3 Å². The van der Waals surface area contributed by atoms with E-state index in [1.54, 1.807) is 18.2 Å². The fraction of sp³-hybridized carbons (Fsp3) is 0.308. The molecule has 0 aromatic heterocycles. The number of quaternary nitrogens is 2. The van der Waals surface area contributed by atoms with E-state index < -0.39 is 5.82 Å². The Morgan fingerprint density at radius 2 is 1.62 bits per heavy atom. The summed E-state index contributed by atoms with van der Waals surface area (Å²) < 4.78 is 47.1. The second kappa shape index (κ2) is 10.2. The molecule has 0 radical (unpaired) electrons. The predicted octanol–water partition coefficient (Wildman–Crippen LogP) is 3.37. The topological polar surface area (TPSA) is 18.1 Å². The van der Waals surface area contributed by atoms with Crippen LogP contribution in [0.15, 0.2) is 64.4 Å². The van der Waals surface area contributed by atoms with Crippen molar-refractivity contribution >= 4 is 23.4 Å². The van der Waals surface area contributed by atoms with Gasteiger partial charge < -0.3 is 14.5 Å². The van der Waals surface area contributed by atoms with Gasteiger partial charge in [0, 0.05) is 21.8 Å². The van der Waals surface area contributed by atoms with Gasteiger partial charge in [-0.3, -0.25) is 0 Å². The Balaban J connectivity index is 1.27. The molecule has 2 aliphatic heterocycles. The third-order valence-corrected chi connectivity index (χ3v) is 8.19. The summed E-state index contributed by atoms with van der Waals surface area (Å²) in [5.74, 6) is -0.325. The Hall–Kier alpha value is -2.19. The molecule has 0 aliphatic carbocycles. The lowest BCUT2D eigenvalue weighted by molar-refractivity contribution is -1.03. The van der Waals surface area contributed by atoms with E-state index in [1.807, 2.05) is 6.07 Å². The van der Waals surface area contributed by atoms with Crippen LogP contribution in [0.4, 0.5) is 13.2 Å². The van der Waals surface area contributed by atoms with Crippen LogP contribution in [0.1, 0.15) is 17.2 Å². The number of rotatable bonds is 5. The Morgan fingerprint density at radius 1 is 0.882 bits per heavy atom. The summed E-state index contributed by atoms with van der Waals surface area (Å²) in [7, 11) is 0. The van der Waals surface area contributed by atoms with Gasteiger partial charge in [-0.05, 0) is 54.1 Å². The van der Waals surface area contributed by atoms with Crippen LogP contribution in [0.25, 0.3) is 0 Å². The maximum atomic E-state index is 14.3. The molecule has 1 fully saturated rings. The smallest absolute Gasteiger partial charge is 0.142 e. The number of ether oxygens (including phenoxy) is 1. The van der Waals surface area contributed by atoms with Gasteiger partial charge in [-0.2, -0.15) is 0 Å². The molecule has 0 spiro atoms. The molecule has 34 heavy (non-hydrogen) atoms. The minimum absolute atomic E-state index is 0.128. The lowest BCUT2D eigenvalue weighted by Crippen LogP contribution is -3.28. The molecule has 1 saturated heterocycles. The van der Waals surface area contributed by atoms with Crippen molar-refractivity contribution < 1.29 is 27.7 Å². The maximum Gasteiger partial charge on any atom is 0.142 e. The first kappa shape index (κ1) is 23.5. The molecule has 1 atom stereocenters. The van der Waals surface area contributed by atoms with Crippen molar-refractivity contribution in [3.05, 3.63) is 88.2 Å². The van der Waals surface area contributed by atoms with Gasteiger partial charge in [0.25, 0.3) is 0 Å². The summed E-state index contributed by atoms with van der Waals surface area (Å²) in [6, 6.07) is 14.4. The molecule has 3 aromatic rings.